The number of esters is 1. The van der Waals surface area contributed by atoms with Gasteiger partial charge >= 0.3 is 5.97 Å². The number of pyridine rings is 1. The molecule has 0 radical (unpaired) electrons. The van der Waals surface area contributed by atoms with Crippen molar-refractivity contribution in [2.24, 2.45) is 5.73 Å². The maximum absolute atomic E-state index is 14.1. The van der Waals surface area contributed by atoms with Crippen molar-refractivity contribution in [3.8, 4) is 22.7 Å². The largest absolute Gasteiger partial charge is 0.463 e. The molecule has 0 saturated carbocycles. The highest BCUT2D eigenvalue weighted by Gasteiger charge is 2.38. The standard InChI is InChI=1S/C26H19FN4O3S2/c1-2-33-26(32)23-20(34-24(30)18(13-29)22(23)15-5-3-6-17(27)11-15)14-36-25-16(12-28)8-9-19(31-25)21-7-4-10-35-21/h3-11,22H,2,14,30H2,1H3/t22-/m0/s1. The van der Waals surface area contributed by atoms with Crippen molar-refractivity contribution in [3.05, 3.63) is 93.6 Å². The third-order valence-electron chi connectivity index (χ3n) is 5.27. The lowest BCUT2D eigenvalue weighted by Gasteiger charge is -2.28. The van der Waals surface area contributed by atoms with Crippen LogP contribution in [0, 0.1) is 28.5 Å². The van der Waals surface area contributed by atoms with Crippen molar-refractivity contribution in [2.75, 3.05) is 12.4 Å². The van der Waals surface area contributed by atoms with E-state index in [0.717, 1.165) is 4.88 Å². The van der Waals surface area contributed by atoms with Crippen LogP contribution in [0.15, 0.2) is 81.7 Å². The SMILES string of the molecule is CCOC(=O)C1=C(CSc2nc(-c3cccs3)ccc2C#N)OC(N)=C(C#N)[C@@H]1c1cccc(F)c1. The highest BCUT2D eigenvalue weighted by molar-refractivity contribution is 7.99. The zero-order valence-corrected chi connectivity index (χ0v) is 20.7. The van der Waals surface area contributed by atoms with Gasteiger partial charge in [0.2, 0.25) is 5.88 Å². The quantitative estimate of drug-likeness (QED) is 0.333. The van der Waals surface area contributed by atoms with Gasteiger partial charge in [-0.15, -0.1) is 11.3 Å². The topological polar surface area (TPSA) is 122 Å². The van der Waals surface area contributed by atoms with Gasteiger partial charge in [-0.3, -0.25) is 0 Å². The molecule has 180 valence electrons. The Morgan fingerprint density at radius 3 is 2.75 bits per heavy atom. The predicted molar refractivity (Wildman–Crippen MR) is 134 cm³/mol. The van der Waals surface area contributed by atoms with Crippen LogP contribution >= 0.6 is 23.1 Å². The lowest BCUT2D eigenvalue weighted by Crippen LogP contribution is -2.27. The molecule has 1 aromatic carbocycles. The van der Waals surface area contributed by atoms with Gasteiger partial charge in [-0.2, -0.15) is 10.5 Å². The van der Waals surface area contributed by atoms with Crippen molar-refractivity contribution in [1.29, 1.82) is 10.5 Å². The number of ether oxygens (including phenoxy) is 2. The molecule has 2 N–H and O–H groups in total. The molecule has 0 aliphatic carbocycles. The molecule has 0 fully saturated rings. The highest BCUT2D eigenvalue weighted by atomic mass is 32.2. The Bertz CT molecular complexity index is 1450. The van der Waals surface area contributed by atoms with Crippen molar-refractivity contribution >= 4 is 29.1 Å². The Hall–Kier alpha value is -4.12. The van der Waals surface area contributed by atoms with Gasteiger partial charge < -0.3 is 15.2 Å². The van der Waals surface area contributed by atoms with E-state index in [1.165, 1.54) is 41.3 Å². The first-order valence-corrected chi connectivity index (χ1v) is 12.6. The number of hydrogen-bond acceptors (Lipinski definition) is 9. The van der Waals surface area contributed by atoms with Gasteiger partial charge in [0, 0.05) is 0 Å². The normalized spacial score (nSPS) is 15.2. The average Bonchev–Trinajstić information content (AvgIpc) is 3.42. The number of allylic oxidation sites excluding steroid dienone is 1. The fourth-order valence-electron chi connectivity index (χ4n) is 3.71. The van der Waals surface area contributed by atoms with E-state index in [1.807, 2.05) is 23.6 Å². The van der Waals surface area contributed by atoms with Crippen molar-refractivity contribution in [2.45, 2.75) is 17.9 Å². The van der Waals surface area contributed by atoms with Gasteiger partial charge in [-0.1, -0.05) is 30.0 Å². The minimum absolute atomic E-state index is 0.0204. The summed E-state index contributed by atoms with van der Waals surface area (Å²) in [5, 5.41) is 21.8. The summed E-state index contributed by atoms with van der Waals surface area (Å²) in [7, 11) is 0. The Labute approximate surface area is 215 Å². The monoisotopic (exact) mass is 518 g/mol. The second-order valence-corrected chi connectivity index (χ2v) is 9.38. The molecule has 2 aromatic heterocycles. The molecule has 1 atom stereocenters. The number of nitrogens with two attached hydrogens (primary N) is 1. The molecule has 3 heterocycles. The molecule has 0 amide bonds. The molecule has 4 rings (SSSR count). The summed E-state index contributed by atoms with van der Waals surface area (Å²) in [4.78, 5) is 18.7. The molecular formula is C26H19FN4O3S2. The number of nitriles is 2. The fourth-order valence-corrected chi connectivity index (χ4v) is 5.32. The number of carbonyl (C=O) groups is 1. The lowest BCUT2D eigenvalue weighted by atomic mass is 9.83. The first kappa shape index (κ1) is 25.0. The molecule has 3 aromatic rings. The second kappa shape index (κ2) is 11.1. The average molecular weight is 519 g/mol. The van der Waals surface area contributed by atoms with Crippen LogP contribution in [-0.4, -0.2) is 23.3 Å². The molecule has 0 spiro atoms. The van der Waals surface area contributed by atoms with Gasteiger partial charge in [0.15, 0.2) is 0 Å². The van der Waals surface area contributed by atoms with Gasteiger partial charge in [0.25, 0.3) is 0 Å². The minimum Gasteiger partial charge on any atom is -0.463 e. The van der Waals surface area contributed by atoms with Crippen LogP contribution in [0.25, 0.3) is 10.6 Å². The summed E-state index contributed by atoms with van der Waals surface area (Å²) in [6.45, 7) is 1.74. The smallest absolute Gasteiger partial charge is 0.338 e. The Balaban J connectivity index is 1.77. The van der Waals surface area contributed by atoms with Crippen LogP contribution in [0.1, 0.15) is 24.0 Å². The number of aromatic nitrogens is 1. The van der Waals surface area contributed by atoms with E-state index in [4.69, 9.17) is 15.2 Å². The molecule has 0 saturated heterocycles. The maximum Gasteiger partial charge on any atom is 0.338 e. The fraction of sp³-hybridized carbons (Fsp3) is 0.154. The predicted octanol–water partition coefficient (Wildman–Crippen LogP) is 5.24. The van der Waals surface area contributed by atoms with Crippen molar-refractivity contribution in [3.63, 3.8) is 0 Å². The number of benzene rings is 1. The maximum atomic E-state index is 14.1. The van der Waals surface area contributed by atoms with Crippen molar-refractivity contribution < 1.29 is 18.7 Å². The third-order valence-corrected chi connectivity index (χ3v) is 7.15. The zero-order valence-electron chi connectivity index (χ0n) is 19.0. The van der Waals surface area contributed by atoms with E-state index < -0.39 is 17.7 Å². The van der Waals surface area contributed by atoms with Gasteiger partial charge in [0.1, 0.15) is 34.3 Å². The van der Waals surface area contributed by atoms with Crippen LogP contribution < -0.4 is 5.73 Å². The number of thioether (sulfide) groups is 1. The molecular weight excluding hydrogens is 499 g/mol. The molecule has 1 aliphatic heterocycles. The van der Waals surface area contributed by atoms with Crippen LogP contribution in [0.2, 0.25) is 0 Å². The summed E-state index contributed by atoms with van der Waals surface area (Å²) in [5.74, 6) is -2.18. The van der Waals surface area contributed by atoms with Crippen LogP contribution in [0.4, 0.5) is 4.39 Å². The number of rotatable bonds is 7. The van der Waals surface area contributed by atoms with Gasteiger partial charge in [0.05, 0.1) is 40.0 Å². The molecule has 36 heavy (non-hydrogen) atoms. The van der Waals surface area contributed by atoms with Gasteiger partial charge in [-0.25, -0.2) is 14.2 Å². The Morgan fingerprint density at radius 2 is 2.08 bits per heavy atom. The van der Waals surface area contributed by atoms with E-state index >= 15 is 0 Å². The Morgan fingerprint density at radius 1 is 1.25 bits per heavy atom. The minimum atomic E-state index is -0.977. The molecule has 7 nitrogen and oxygen atoms in total. The molecule has 1 aliphatic rings. The van der Waals surface area contributed by atoms with E-state index in [1.54, 1.807) is 25.1 Å². The summed E-state index contributed by atoms with van der Waals surface area (Å²) in [5.41, 5.74) is 7.53. The third kappa shape index (κ3) is 5.10. The first-order valence-electron chi connectivity index (χ1n) is 10.8. The summed E-state index contributed by atoms with van der Waals surface area (Å²) in [6, 6.07) is 17.0. The second-order valence-electron chi connectivity index (χ2n) is 7.46. The van der Waals surface area contributed by atoms with E-state index in [-0.39, 0.29) is 35.1 Å². The van der Waals surface area contributed by atoms with Crippen LogP contribution in [-0.2, 0) is 14.3 Å². The first-order chi connectivity index (χ1) is 17.5. The molecule has 0 bridgehead atoms. The number of halogens is 1. The van der Waals surface area contributed by atoms with Crippen LogP contribution in [0.5, 0.6) is 0 Å². The van der Waals surface area contributed by atoms with E-state index in [9.17, 15) is 19.7 Å². The number of hydrogen-bond donors (Lipinski definition) is 1. The zero-order chi connectivity index (χ0) is 25.7. The number of nitrogens with zero attached hydrogens (tertiary/aromatic N) is 3. The van der Waals surface area contributed by atoms with Gasteiger partial charge in [-0.05, 0) is 48.2 Å². The van der Waals surface area contributed by atoms with Crippen molar-refractivity contribution in [1.82, 2.24) is 4.98 Å². The number of carbonyl (C=O) groups excluding carboxylic acids is 1. The molecule has 10 heteroatoms. The summed E-state index contributed by atoms with van der Waals surface area (Å²) in [6.07, 6.45) is 0. The van der Waals surface area contributed by atoms with Crippen LogP contribution in [0.3, 0.4) is 0 Å². The highest BCUT2D eigenvalue weighted by Crippen LogP contribution is 2.41. The summed E-state index contributed by atoms with van der Waals surface area (Å²) < 4.78 is 25.1. The Kier molecular flexibility index (Phi) is 7.69. The summed E-state index contributed by atoms with van der Waals surface area (Å²) >= 11 is 2.71. The van der Waals surface area contributed by atoms with E-state index in [0.29, 0.717) is 21.8 Å². The molecule has 0 unspecified atom stereocenters. The lowest BCUT2D eigenvalue weighted by molar-refractivity contribution is -0.139. The number of thiophene rings is 1. The van der Waals surface area contributed by atoms with E-state index in [2.05, 4.69) is 11.1 Å².